The van der Waals surface area contributed by atoms with Gasteiger partial charge in [-0.25, -0.2) is 4.68 Å². The van der Waals surface area contributed by atoms with Gasteiger partial charge in [-0.1, -0.05) is 18.2 Å². The molecule has 3 aromatic heterocycles. The van der Waals surface area contributed by atoms with Crippen LogP contribution in [-0.2, 0) is 11.3 Å². The molecule has 9 heteroatoms. The van der Waals surface area contributed by atoms with E-state index in [1.54, 1.807) is 38.7 Å². The average molecular weight is 405 g/mol. The van der Waals surface area contributed by atoms with Gasteiger partial charge in [0.1, 0.15) is 18.4 Å². The molecule has 1 fully saturated rings. The monoisotopic (exact) mass is 405 g/mol. The zero-order chi connectivity index (χ0) is 20.7. The summed E-state index contributed by atoms with van der Waals surface area (Å²) < 4.78 is 8.08. The van der Waals surface area contributed by atoms with E-state index in [2.05, 4.69) is 5.10 Å². The first-order valence-electron chi connectivity index (χ1n) is 9.68. The minimum atomic E-state index is -0.311. The van der Waals surface area contributed by atoms with Gasteiger partial charge >= 0.3 is 0 Å². The van der Waals surface area contributed by atoms with Crippen molar-refractivity contribution in [3.63, 3.8) is 0 Å². The number of amides is 2. The minimum absolute atomic E-state index is 0.136. The molecule has 0 radical (unpaired) electrons. The van der Waals surface area contributed by atoms with Gasteiger partial charge in [0, 0.05) is 31.6 Å². The second kappa shape index (κ2) is 7.18. The maximum atomic E-state index is 12.8. The van der Waals surface area contributed by atoms with Gasteiger partial charge in [-0.15, -0.1) is 0 Å². The van der Waals surface area contributed by atoms with Crippen LogP contribution in [0.15, 0.2) is 64.3 Å². The molecule has 0 N–H and O–H groups in total. The van der Waals surface area contributed by atoms with Crippen LogP contribution in [0, 0.1) is 0 Å². The molecule has 4 heterocycles. The Labute approximate surface area is 170 Å². The van der Waals surface area contributed by atoms with Gasteiger partial charge in [-0.2, -0.15) is 5.10 Å². The Morgan fingerprint density at radius 1 is 0.967 bits per heavy atom. The van der Waals surface area contributed by atoms with Gasteiger partial charge in [0.2, 0.25) is 5.91 Å². The molecule has 0 atom stereocenters. The van der Waals surface area contributed by atoms with Crippen molar-refractivity contribution in [2.45, 2.75) is 6.54 Å². The summed E-state index contributed by atoms with van der Waals surface area (Å²) in [5.74, 6) is -0.0932. The predicted octanol–water partition coefficient (Wildman–Crippen LogP) is 1.23. The summed E-state index contributed by atoms with van der Waals surface area (Å²) in [6.07, 6.45) is 3.02. The Hall–Kier alpha value is -3.88. The summed E-state index contributed by atoms with van der Waals surface area (Å²) in [6.45, 7) is 1.49. The molecule has 0 aliphatic carbocycles. The summed E-state index contributed by atoms with van der Waals surface area (Å²) in [7, 11) is 0. The maximum Gasteiger partial charge on any atom is 0.291 e. The fraction of sp³-hybridized carbons (Fsp3) is 0.238. The highest BCUT2D eigenvalue weighted by Crippen LogP contribution is 2.17. The van der Waals surface area contributed by atoms with Crippen molar-refractivity contribution >= 4 is 28.2 Å². The van der Waals surface area contributed by atoms with E-state index in [0.717, 1.165) is 10.9 Å². The topological polar surface area (TPSA) is 93.1 Å². The smallest absolute Gasteiger partial charge is 0.291 e. The summed E-state index contributed by atoms with van der Waals surface area (Å²) in [4.78, 5) is 41.2. The first kappa shape index (κ1) is 18.2. The number of benzene rings is 1. The van der Waals surface area contributed by atoms with Gasteiger partial charge < -0.3 is 14.2 Å². The number of hydrogen-bond acceptors (Lipinski definition) is 5. The Kier molecular flexibility index (Phi) is 4.35. The van der Waals surface area contributed by atoms with Crippen LogP contribution in [0.3, 0.4) is 0 Å². The molecule has 1 aromatic carbocycles. The van der Waals surface area contributed by atoms with Crippen LogP contribution in [0.5, 0.6) is 0 Å². The largest absolute Gasteiger partial charge is 0.459 e. The van der Waals surface area contributed by atoms with E-state index in [4.69, 9.17) is 4.42 Å². The van der Waals surface area contributed by atoms with E-state index in [-0.39, 0.29) is 23.9 Å². The zero-order valence-corrected chi connectivity index (χ0v) is 16.1. The number of carbonyl (C=O) groups excluding carboxylic acids is 2. The van der Waals surface area contributed by atoms with Crippen LogP contribution in [0.25, 0.3) is 16.4 Å². The summed E-state index contributed by atoms with van der Waals surface area (Å²) in [6, 6.07) is 12.8. The maximum absolute atomic E-state index is 12.8. The predicted molar refractivity (Wildman–Crippen MR) is 108 cm³/mol. The molecular formula is C21H19N5O4. The average Bonchev–Trinajstić information content (AvgIpc) is 3.44. The van der Waals surface area contributed by atoms with Crippen molar-refractivity contribution in [1.82, 2.24) is 24.0 Å². The lowest BCUT2D eigenvalue weighted by molar-refractivity contribution is -0.133. The van der Waals surface area contributed by atoms with Crippen molar-refractivity contribution in [2.24, 2.45) is 0 Å². The number of rotatable bonds is 3. The SMILES string of the molecule is O=C(Cn1ncn2c(cc3ccccc32)c1=O)N1CCN(C(=O)c2ccco2)CC1. The van der Waals surface area contributed by atoms with E-state index >= 15 is 0 Å². The molecule has 1 saturated heterocycles. The molecule has 9 nitrogen and oxygen atoms in total. The number of para-hydroxylation sites is 1. The molecule has 0 unspecified atom stereocenters. The third kappa shape index (κ3) is 3.04. The number of piperazine rings is 1. The quantitative estimate of drug-likeness (QED) is 0.511. The number of furan rings is 1. The van der Waals surface area contributed by atoms with Gasteiger partial charge in [-0.05, 0) is 24.3 Å². The van der Waals surface area contributed by atoms with E-state index in [1.807, 2.05) is 24.3 Å². The molecule has 1 aliphatic heterocycles. The lowest BCUT2D eigenvalue weighted by Crippen LogP contribution is -2.51. The molecule has 0 spiro atoms. The summed E-state index contributed by atoms with van der Waals surface area (Å²) >= 11 is 0. The third-order valence-corrected chi connectivity index (χ3v) is 5.44. The van der Waals surface area contributed by atoms with E-state index in [1.165, 1.54) is 10.9 Å². The molecular weight excluding hydrogens is 386 g/mol. The van der Waals surface area contributed by atoms with E-state index in [9.17, 15) is 14.4 Å². The minimum Gasteiger partial charge on any atom is -0.459 e. The Morgan fingerprint density at radius 2 is 1.73 bits per heavy atom. The zero-order valence-electron chi connectivity index (χ0n) is 16.1. The molecule has 5 rings (SSSR count). The highest BCUT2D eigenvalue weighted by Gasteiger charge is 2.26. The molecule has 152 valence electrons. The number of fused-ring (bicyclic) bond motifs is 3. The van der Waals surface area contributed by atoms with E-state index < -0.39 is 0 Å². The van der Waals surface area contributed by atoms with Gasteiger partial charge in [-0.3, -0.25) is 18.8 Å². The molecule has 2 amide bonds. The Bertz CT molecular complexity index is 1300. The number of hydrogen-bond donors (Lipinski definition) is 0. The number of carbonyl (C=O) groups is 2. The second-order valence-electron chi connectivity index (χ2n) is 7.20. The van der Waals surface area contributed by atoms with Crippen LogP contribution < -0.4 is 5.56 Å². The first-order chi connectivity index (χ1) is 14.6. The van der Waals surface area contributed by atoms with Crippen LogP contribution in [0.1, 0.15) is 10.6 Å². The third-order valence-electron chi connectivity index (χ3n) is 5.44. The Balaban J connectivity index is 1.29. The highest BCUT2D eigenvalue weighted by atomic mass is 16.3. The van der Waals surface area contributed by atoms with Crippen molar-refractivity contribution in [1.29, 1.82) is 0 Å². The van der Waals surface area contributed by atoms with Crippen LogP contribution in [0.2, 0.25) is 0 Å². The van der Waals surface area contributed by atoms with Crippen LogP contribution >= 0.6 is 0 Å². The van der Waals surface area contributed by atoms with Gasteiger partial charge in [0.25, 0.3) is 11.5 Å². The van der Waals surface area contributed by atoms with Gasteiger partial charge in [0.15, 0.2) is 5.76 Å². The number of aromatic nitrogens is 3. The molecule has 30 heavy (non-hydrogen) atoms. The standard InChI is InChI=1S/C21H19N5O4/c27-19(23-7-9-24(10-8-23)21(29)18-6-3-11-30-18)13-26-20(28)17-12-15-4-1-2-5-16(15)25(17)14-22-26/h1-6,11-12,14H,7-10,13H2. The highest BCUT2D eigenvalue weighted by molar-refractivity contribution is 5.91. The van der Waals surface area contributed by atoms with Gasteiger partial charge in [0.05, 0.1) is 11.8 Å². The summed E-state index contributed by atoms with van der Waals surface area (Å²) in [5.41, 5.74) is 1.06. The van der Waals surface area contributed by atoms with E-state index in [0.29, 0.717) is 37.5 Å². The normalized spacial score (nSPS) is 14.5. The van der Waals surface area contributed by atoms with Crippen molar-refractivity contribution in [2.75, 3.05) is 26.2 Å². The van der Waals surface area contributed by atoms with Crippen LogP contribution in [0.4, 0.5) is 0 Å². The van der Waals surface area contributed by atoms with Crippen molar-refractivity contribution in [3.8, 4) is 0 Å². The Morgan fingerprint density at radius 3 is 2.50 bits per heavy atom. The lowest BCUT2D eigenvalue weighted by Gasteiger charge is -2.34. The molecule has 0 bridgehead atoms. The fourth-order valence-corrected chi connectivity index (χ4v) is 3.82. The van der Waals surface area contributed by atoms with Crippen molar-refractivity contribution in [3.05, 3.63) is 71.2 Å². The molecule has 1 aliphatic rings. The molecule has 0 saturated carbocycles. The van der Waals surface area contributed by atoms with Crippen molar-refractivity contribution < 1.29 is 14.0 Å². The lowest BCUT2D eigenvalue weighted by atomic mass is 10.2. The number of nitrogens with zero attached hydrogens (tertiary/aromatic N) is 5. The molecule has 4 aromatic rings. The second-order valence-corrected chi connectivity index (χ2v) is 7.20. The van der Waals surface area contributed by atoms with Crippen LogP contribution in [-0.4, -0.2) is 62.0 Å². The fourth-order valence-electron chi connectivity index (χ4n) is 3.82. The first-order valence-corrected chi connectivity index (χ1v) is 9.68. The summed E-state index contributed by atoms with van der Waals surface area (Å²) in [5, 5.41) is 5.13.